The Morgan fingerprint density at radius 1 is 1.19 bits per heavy atom. The van der Waals surface area contributed by atoms with Crippen LogP contribution in [0, 0.1) is 0 Å². The van der Waals surface area contributed by atoms with Crippen molar-refractivity contribution in [2.45, 2.75) is 13.8 Å². The highest BCUT2D eigenvalue weighted by Gasteiger charge is 2.37. The molecule has 1 aromatic carbocycles. The zero-order valence-electron chi connectivity index (χ0n) is 16.3. The monoisotopic (exact) mass is 375 g/mol. The van der Waals surface area contributed by atoms with E-state index in [1.54, 1.807) is 59.5 Å². The highest BCUT2D eigenvalue weighted by atomic mass is 16.5. The summed E-state index contributed by atoms with van der Waals surface area (Å²) < 4.78 is 20.9. The zero-order chi connectivity index (χ0) is 20.0. The summed E-state index contributed by atoms with van der Waals surface area (Å²) in [4.78, 5) is 27.0. The molecule has 1 aliphatic rings. The fourth-order valence-corrected chi connectivity index (χ4v) is 2.89. The molecule has 0 aliphatic carbocycles. The zero-order valence-corrected chi connectivity index (χ0v) is 16.3. The number of rotatable bonds is 8. The van der Waals surface area contributed by atoms with Gasteiger partial charge in [-0.05, 0) is 38.1 Å². The van der Waals surface area contributed by atoms with Gasteiger partial charge in [-0.3, -0.25) is 4.79 Å². The van der Waals surface area contributed by atoms with Crippen molar-refractivity contribution in [3.05, 3.63) is 40.6 Å². The van der Waals surface area contributed by atoms with E-state index in [4.69, 9.17) is 18.9 Å². The number of allylic oxidation sites excluding steroid dienone is 1. The van der Waals surface area contributed by atoms with E-state index >= 15 is 0 Å². The first-order valence-corrected chi connectivity index (χ1v) is 8.61. The Bertz CT molecular complexity index is 781. The van der Waals surface area contributed by atoms with Crippen LogP contribution in [0.25, 0.3) is 6.08 Å². The molecule has 0 N–H and O–H groups in total. The average Bonchev–Trinajstić information content (AvgIpc) is 2.90. The predicted molar refractivity (Wildman–Crippen MR) is 100 cm³/mol. The molecule has 0 saturated carbocycles. The van der Waals surface area contributed by atoms with Gasteiger partial charge in [0.1, 0.15) is 11.5 Å². The van der Waals surface area contributed by atoms with Crippen LogP contribution in [0.15, 0.2) is 35.0 Å². The van der Waals surface area contributed by atoms with E-state index in [9.17, 15) is 9.59 Å². The van der Waals surface area contributed by atoms with Gasteiger partial charge in [0, 0.05) is 24.9 Å². The molecule has 0 saturated heterocycles. The van der Waals surface area contributed by atoms with Crippen molar-refractivity contribution in [2.75, 3.05) is 41.1 Å². The van der Waals surface area contributed by atoms with E-state index in [0.717, 1.165) is 0 Å². The Labute approximate surface area is 159 Å². The number of ether oxygens (including phenoxy) is 4. The highest BCUT2D eigenvalue weighted by molar-refractivity contribution is 6.16. The highest BCUT2D eigenvalue weighted by Crippen LogP contribution is 2.34. The molecule has 0 atom stereocenters. The minimum Gasteiger partial charge on any atom is -0.497 e. The average molecular weight is 375 g/mol. The molecule has 2 rings (SSSR count). The molecule has 27 heavy (non-hydrogen) atoms. The van der Waals surface area contributed by atoms with Crippen LogP contribution in [0.2, 0.25) is 0 Å². The van der Waals surface area contributed by atoms with Crippen LogP contribution in [0.3, 0.4) is 0 Å². The number of hydrogen-bond acceptors (Lipinski definition) is 6. The van der Waals surface area contributed by atoms with Crippen molar-refractivity contribution in [3.63, 3.8) is 0 Å². The van der Waals surface area contributed by atoms with Gasteiger partial charge >= 0.3 is 5.97 Å². The molecule has 0 bridgehead atoms. The van der Waals surface area contributed by atoms with E-state index in [2.05, 4.69) is 0 Å². The maximum absolute atomic E-state index is 13.0. The summed E-state index contributed by atoms with van der Waals surface area (Å²) in [5.74, 6) is 0.365. The summed E-state index contributed by atoms with van der Waals surface area (Å²) in [6, 6.07) is 5.25. The van der Waals surface area contributed by atoms with Gasteiger partial charge in [-0.15, -0.1) is 0 Å². The summed E-state index contributed by atoms with van der Waals surface area (Å²) in [5.41, 5.74) is 1.68. The van der Waals surface area contributed by atoms with Crippen LogP contribution >= 0.6 is 0 Å². The fraction of sp³-hybridized carbons (Fsp3) is 0.400. The largest absolute Gasteiger partial charge is 0.497 e. The van der Waals surface area contributed by atoms with Crippen molar-refractivity contribution in [1.29, 1.82) is 0 Å². The fourth-order valence-electron chi connectivity index (χ4n) is 2.89. The molecule has 7 nitrogen and oxygen atoms in total. The molecule has 7 heteroatoms. The normalized spacial score (nSPS) is 15.5. The van der Waals surface area contributed by atoms with Crippen LogP contribution < -0.4 is 9.47 Å². The molecule has 1 aromatic rings. The first kappa shape index (κ1) is 20.5. The van der Waals surface area contributed by atoms with Crippen LogP contribution in [-0.4, -0.2) is 57.9 Å². The molecule has 1 heterocycles. The summed E-state index contributed by atoms with van der Waals surface area (Å²) in [5, 5.41) is 0. The van der Waals surface area contributed by atoms with Crippen molar-refractivity contribution in [2.24, 2.45) is 0 Å². The third-order valence-corrected chi connectivity index (χ3v) is 4.25. The summed E-state index contributed by atoms with van der Waals surface area (Å²) >= 11 is 0. The van der Waals surface area contributed by atoms with Crippen LogP contribution in [0.1, 0.15) is 19.4 Å². The lowest BCUT2D eigenvalue weighted by Gasteiger charge is -2.17. The van der Waals surface area contributed by atoms with Crippen molar-refractivity contribution in [1.82, 2.24) is 4.90 Å². The van der Waals surface area contributed by atoms with Gasteiger partial charge in [-0.1, -0.05) is 0 Å². The molecular weight excluding hydrogens is 350 g/mol. The van der Waals surface area contributed by atoms with Crippen LogP contribution in [0.4, 0.5) is 0 Å². The molecule has 0 aromatic heterocycles. The lowest BCUT2D eigenvalue weighted by Crippen LogP contribution is -2.28. The van der Waals surface area contributed by atoms with E-state index in [0.29, 0.717) is 35.9 Å². The number of nitrogens with zero attached hydrogens (tertiary/aromatic N) is 1. The van der Waals surface area contributed by atoms with E-state index in [1.807, 2.05) is 0 Å². The summed E-state index contributed by atoms with van der Waals surface area (Å²) in [6.07, 6.45) is 1.63. The van der Waals surface area contributed by atoms with Gasteiger partial charge in [0.05, 0.1) is 38.6 Å². The number of amides is 1. The Hall–Kier alpha value is -2.80. The maximum Gasteiger partial charge on any atom is 0.340 e. The maximum atomic E-state index is 13.0. The Morgan fingerprint density at radius 2 is 1.93 bits per heavy atom. The summed E-state index contributed by atoms with van der Waals surface area (Å²) in [7, 11) is 4.66. The number of methoxy groups -OCH3 is 3. The molecule has 1 aliphatic heterocycles. The van der Waals surface area contributed by atoms with E-state index in [1.165, 1.54) is 4.90 Å². The first-order chi connectivity index (χ1) is 13.0. The number of benzene rings is 1. The first-order valence-electron chi connectivity index (χ1n) is 8.61. The topological polar surface area (TPSA) is 74.3 Å². The van der Waals surface area contributed by atoms with Gasteiger partial charge in [-0.2, -0.15) is 0 Å². The van der Waals surface area contributed by atoms with Gasteiger partial charge in [0.25, 0.3) is 5.91 Å². The second kappa shape index (κ2) is 9.23. The minimum absolute atomic E-state index is 0.220. The van der Waals surface area contributed by atoms with Crippen molar-refractivity contribution < 1.29 is 28.5 Å². The smallest absolute Gasteiger partial charge is 0.340 e. The lowest BCUT2D eigenvalue weighted by atomic mass is 10.0. The standard InChI is InChI=1S/C20H25NO6/c1-6-27-20(23)18-13(2)21(9-10-24-3)19(22)16(18)12-14-11-15(25-4)7-8-17(14)26-5/h7-8,11-12H,6,9-10H2,1-5H3/b16-12-. The Balaban J connectivity index is 2.56. The number of carbonyl (C=O) groups is 2. The lowest BCUT2D eigenvalue weighted by molar-refractivity contribution is -0.138. The van der Waals surface area contributed by atoms with E-state index in [-0.39, 0.29) is 23.7 Å². The Morgan fingerprint density at radius 3 is 2.52 bits per heavy atom. The predicted octanol–water partition coefficient (Wildman–Crippen LogP) is 2.41. The minimum atomic E-state index is -0.531. The third-order valence-electron chi connectivity index (χ3n) is 4.25. The molecule has 0 radical (unpaired) electrons. The van der Waals surface area contributed by atoms with Crippen LogP contribution in [0.5, 0.6) is 11.5 Å². The van der Waals surface area contributed by atoms with Gasteiger partial charge in [0.15, 0.2) is 0 Å². The summed E-state index contributed by atoms with van der Waals surface area (Å²) in [6.45, 7) is 4.37. The number of hydrogen-bond donors (Lipinski definition) is 0. The van der Waals surface area contributed by atoms with Gasteiger partial charge < -0.3 is 23.8 Å². The second-order valence-corrected chi connectivity index (χ2v) is 5.80. The quantitative estimate of drug-likeness (QED) is 0.513. The number of esters is 1. The molecule has 0 spiro atoms. The Kier molecular flexibility index (Phi) is 7.01. The molecular formula is C20H25NO6. The van der Waals surface area contributed by atoms with E-state index < -0.39 is 5.97 Å². The second-order valence-electron chi connectivity index (χ2n) is 5.80. The molecule has 0 unspecified atom stereocenters. The number of carbonyl (C=O) groups excluding carboxylic acids is 2. The van der Waals surface area contributed by atoms with Crippen molar-refractivity contribution >= 4 is 18.0 Å². The van der Waals surface area contributed by atoms with Gasteiger partial charge in [-0.25, -0.2) is 4.79 Å². The van der Waals surface area contributed by atoms with Crippen LogP contribution in [-0.2, 0) is 19.1 Å². The van der Waals surface area contributed by atoms with Crippen molar-refractivity contribution in [3.8, 4) is 11.5 Å². The molecule has 0 fully saturated rings. The molecule has 1 amide bonds. The molecule has 146 valence electrons. The third kappa shape index (κ3) is 4.31. The SMILES string of the molecule is CCOC(=O)C1=C(C)N(CCOC)C(=O)/C1=C\c1cc(OC)ccc1OC. The van der Waals surface area contributed by atoms with Gasteiger partial charge in [0.2, 0.25) is 0 Å².